The number of hydrogen-bond donors (Lipinski definition) is 2. The van der Waals surface area contributed by atoms with E-state index in [1.165, 1.54) is 22.1 Å². The van der Waals surface area contributed by atoms with E-state index in [1.54, 1.807) is 59.5 Å². The summed E-state index contributed by atoms with van der Waals surface area (Å²) in [7, 11) is 3.65. The molecule has 4 heterocycles. The average molecular weight is 787 g/mol. The largest absolute Gasteiger partial charge is 0.494 e. The van der Waals surface area contributed by atoms with Crippen molar-refractivity contribution in [3.05, 3.63) is 89.6 Å². The van der Waals surface area contributed by atoms with E-state index in [-0.39, 0.29) is 48.3 Å². The highest BCUT2D eigenvalue weighted by Crippen LogP contribution is 2.42. The molecule has 2 aliphatic rings. The molecule has 4 amide bonds. The lowest BCUT2D eigenvalue weighted by Crippen LogP contribution is -2.52. The average Bonchev–Trinajstić information content (AvgIpc) is 3.74. The SMILES string of the molecule is CN(C)c1ccc(-c2ccc(-c3nc4ccc(N(CCCCCOc5ccc6c(c5)CN(C5CCC(=O)NC5=O)C6=O)C(=O)O)cc4s3)c(C(F)(F)F)c2)cn1. The van der Waals surface area contributed by atoms with Crippen molar-refractivity contribution in [1.29, 1.82) is 0 Å². The Morgan fingerprint density at radius 1 is 0.982 bits per heavy atom. The number of unbranched alkanes of at least 4 members (excludes halogenated alkanes) is 2. The third-order valence-corrected chi connectivity index (χ3v) is 10.9. The lowest BCUT2D eigenvalue weighted by molar-refractivity contribution is -0.138. The second kappa shape index (κ2) is 15.6. The molecule has 2 aromatic heterocycles. The van der Waals surface area contributed by atoms with Crippen LogP contribution >= 0.6 is 11.3 Å². The zero-order valence-electron chi connectivity index (χ0n) is 30.4. The number of rotatable bonds is 12. The van der Waals surface area contributed by atoms with E-state index >= 15 is 0 Å². The Kier molecular flexibility index (Phi) is 10.7. The number of piperidine rings is 1. The molecule has 1 fully saturated rings. The molecule has 2 aliphatic heterocycles. The maximum Gasteiger partial charge on any atom is 0.417 e. The summed E-state index contributed by atoms with van der Waals surface area (Å²) >= 11 is 1.06. The zero-order valence-corrected chi connectivity index (χ0v) is 31.2. The number of halogens is 3. The number of imide groups is 1. The third-order valence-electron chi connectivity index (χ3n) is 9.80. The van der Waals surface area contributed by atoms with Gasteiger partial charge in [-0.15, -0.1) is 11.3 Å². The van der Waals surface area contributed by atoms with Gasteiger partial charge in [-0.25, -0.2) is 14.8 Å². The molecule has 0 spiro atoms. The summed E-state index contributed by atoms with van der Waals surface area (Å²) < 4.78 is 49.6. The minimum Gasteiger partial charge on any atom is -0.494 e. The summed E-state index contributed by atoms with van der Waals surface area (Å²) in [5.74, 6) is 0.164. The van der Waals surface area contributed by atoms with Gasteiger partial charge >= 0.3 is 12.3 Å². The van der Waals surface area contributed by atoms with Crippen LogP contribution in [-0.2, 0) is 22.3 Å². The number of aromatic nitrogens is 2. The van der Waals surface area contributed by atoms with Crippen LogP contribution in [0.4, 0.5) is 29.5 Å². The van der Waals surface area contributed by atoms with Crippen LogP contribution in [0.2, 0.25) is 0 Å². The summed E-state index contributed by atoms with van der Waals surface area (Å²) in [5.41, 5.74) is 2.08. The van der Waals surface area contributed by atoms with Gasteiger partial charge in [0.05, 0.1) is 22.4 Å². The molecule has 5 aromatic rings. The van der Waals surface area contributed by atoms with Crippen LogP contribution in [0, 0.1) is 0 Å². The molecule has 2 N–H and O–H groups in total. The molecule has 1 unspecified atom stereocenters. The van der Waals surface area contributed by atoms with Crippen molar-refractivity contribution < 1.29 is 42.2 Å². The molecular weight excluding hydrogens is 750 g/mol. The highest BCUT2D eigenvalue weighted by atomic mass is 32.1. The van der Waals surface area contributed by atoms with E-state index in [9.17, 15) is 37.5 Å². The molecule has 0 radical (unpaired) electrons. The van der Waals surface area contributed by atoms with Crippen molar-refractivity contribution in [3.63, 3.8) is 0 Å². The molecule has 1 saturated heterocycles. The molecular formula is C40H37F3N6O6S. The molecule has 7 rings (SSSR count). The van der Waals surface area contributed by atoms with Crippen molar-refractivity contribution >= 4 is 56.9 Å². The maximum atomic E-state index is 14.4. The van der Waals surface area contributed by atoms with Gasteiger partial charge in [-0.2, -0.15) is 13.2 Å². The minimum absolute atomic E-state index is 0.0678. The molecule has 0 aliphatic carbocycles. The number of alkyl halides is 3. The Balaban J connectivity index is 0.961. The molecule has 0 bridgehead atoms. The summed E-state index contributed by atoms with van der Waals surface area (Å²) in [6.07, 6.45) is -2.02. The van der Waals surface area contributed by atoms with E-state index in [0.717, 1.165) is 23.0 Å². The molecule has 3 aromatic carbocycles. The Hall–Kier alpha value is -6.03. The number of carboxylic acid groups (broad SMARTS) is 1. The number of fused-ring (bicyclic) bond motifs is 2. The maximum absolute atomic E-state index is 14.4. The van der Waals surface area contributed by atoms with Gasteiger partial charge in [0.15, 0.2) is 0 Å². The quantitative estimate of drug-likeness (QED) is 0.0965. The summed E-state index contributed by atoms with van der Waals surface area (Å²) in [5, 5.41) is 12.5. The Morgan fingerprint density at radius 2 is 1.77 bits per heavy atom. The Labute approximate surface area is 323 Å². The third kappa shape index (κ3) is 8.01. The first-order chi connectivity index (χ1) is 26.8. The Bertz CT molecular complexity index is 2330. The molecule has 0 saturated carbocycles. The van der Waals surface area contributed by atoms with Crippen LogP contribution in [0.3, 0.4) is 0 Å². The standard InChI is InChI=1S/C40H37F3N6O6S/c1-47(2)34-14-7-24(21-44-34)23-6-10-29(30(19-23)40(41,42)43)37-45-31-12-8-26(20-33(31)56-37)48(39(53)54)16-4-3-5-17-55-27-9-11-28-25(18-27)22-49(38(28)52)32-13-15-35(50)46-36(32)51/h6-12,14,18-21,32H,3-5,13,15-17,22H2,1-2H3,(H,53,54)(H,46,50,51). The monoisotopic (exact) mass is 786 g/mol. The number of amides is 4. The number of pyridine rings is 1. The van der Waals surface area contributed by atoms with Crippen LogP contribution in [0.5, 0.6) is 5.75 Å². The summed E-state index contributed by atoms with van der Waals surface area (Å²) in [6, 6.07) is 16.9. The number of anilines is 2. The fourth-order valence-electron chi connectivity index (χ4n) is 6.88. The van der Waals surface area contributed by atoms with E-state index in [0.29, 0.717) is 70.0 Å². The van der Waals surface area contributed by atoms with Crippen LogP contribution in [0.25, 0.3) is 31.9 Å². The number of hydrogen-bond acceptors (Lipinski definition) is 9. The predicted octanol–water partition coefficient (Wildman–Crippen LogP) is 7.60. The summed E-state index contributed by atoms with van der Waals surface area (Å²) in [4.78, 5) is 62.4. The number of carbonyl (C=O) groups is 4. The molecule has 1 atom stereocenters. The van der Waals surface area contributed by atoms with Crippen LogP contribution in [0.15, 0.2) is 72.9 Å². The molecule has 56 heavy (non-hydrogen) atoms. The van der Waals surface area contributed by atoms with E-state index in [2.05, 4.69) is 15.3 Å². The fourth-order valence-corrected chi connectivity index (χ4v) is 7.92. The predicted molar refractivity (Wildman–Crippen MR) is 205 cm³/mol. The fraction of sp³-hybridized carbons (Fsp3) is 0.300. The van der Waals surface area contributed by atoms with E-state index in [4.69, 9.17) is 4.74 Å². The Morgan fingerprint density at radius 3 is 2.48 bits per heavy atom. The van der Waals surface area contributed by atoms with Crippen molar-refractivity contribution in [2.75, 3.05) is 37.0 Å². The first kappa shape index (κ1) is 38.3. The van der Waals surface area contributed by atoms with Gasteiger partial charge in [0.2, 0.25) is 11.8 Å². The molecule has 16 heteroatoms. The number of nitrogens with zero attached hydrogens (tertiary/aromatic N) is 5. The normalized spacial score (nSPS) is 15.6. The lowest BCUT2D eigenvalue weighted by Gasteiger charge is -2.29. The number of thiazole rings is 1. The van der Waals surface area contributed by atoms with Crippen molar-refractivity contribution in [1.82, 2.24) is 20.2 Å². The molecule has 12 nitrogen and oxygen atoms in total. The second-order valence-electron chi connectivity index (χ2n) is 13.8. The highest BCUT2D eigenvalue weighted by molar-refractivity contribution is 7.21. The molecule has 290 valence electrons. The first-order valence-electron chi connectivity index (χ1n) is 17.9. The van der Waals surface area contributed by atoms with Crippen LogP contribution in [-0.4, -0.2) is 77.1 Å². The van der Waals surface area contributed by atoms with E-state index in [1.807, 2.05) is 14.1 Å². The van der Waals surface area contributed by atoms with E-state index < -0.39 is 29.8 Å². The van der Waals surface area contributed by atoms with Gasteiger partial charge in [-0.3, -0.25) is 24.6 Å². The van der Waals surface area contributed by atoms with Gasteiger partial charge in [0, 0.05) is 62.2 Å². The topological polar surface area (TPSA) is 145 Å². The lowest BCUT2D eigenvalue weighted by atomic mass is 10.00. The smallest absolute Gasteiger partial charge is 0.417 e. The minimum atomic E-state index is -4.65. The number of benzene rings is 3. The second-order valence-corrected chi connectivity index (χ2v) is 14.8. The number of ether oxygens (including phenoxy) is 1. The first-order valence-corrected chi connectivity index (χ1v) is 18.8. The van der Waals surface area contributed by atoms with Gasteiger partial charge in [-0.05, 0) is 91.4 Å². The number of carbonyl (C=O) groups excluding carboxylic acids is 3. The number of nitrogens with one attached hydrogen (secondary N) is 1. The van der Waals surface area contributed by atoms with Gasteiger partial charge in [-0.1, -0.05) is 12.1 Å². The summed E-state index contributed by atoms with van der Waals surface area (Å²) in [6.45, 7) is 0.782. The van der Waals surface area contributed by atoms with Crippen LogP contribution in [0.1, 0.15) is 53.6 Å². The van der Waals surface area contributed by atoms with Gasteiger partial charge in [0.25, 0.3) is 5.91 Å². The van der Waals surface area contributed by atoms with Crippen molar-refractivity contribution in [3.8, 4) is 27.4 Å². The van der Waals surface area contributed by atoms with Gasteiger partial charge in [0.1, 0.15) is 22.6 Å². The zero-order chi connectivity index (χ0) is 39.7. The highest BCUT2D eigenvalue weighted by Gasteiger charge is 2.39. The van der Waals surface area contributed by atoms with Crippen molar-refractivity contribution in [2.24, 2.45) is 0 Å². The van der Waals surface area contributed by atoms with Crippen molar-refractivity contribution in [2.45, 2.75) is 50.9 Å². The van der Waals surface area contributed by atoms with Crippen LogP contribution < -0.4 is 19.9 Å². The van der Waals surface area contributed by atoms with Gasteiger partial charge < -0.3 is 19.6 Å².